The number of aromatic nitrogens is 5. The van der Waals surface area contributed by atoms with E-state index in [0.717, 1.165) is 11.8 Å². The van der Waals surface area contributed by atoms with Gasteiger partial charge in [0.05, 0.1) is 16.2 Å². The number of nitrogens with two attached hydrogens (primary N) is 1. The molecule has 0 aliphatic heterocycles. The Labute approximate surface area is 137 Å². The molecule has 0 fully saturated rings. The Morgan fingerprint density at radius 2 is 2.00 bits per heavy atom. The van der Waals surface area contributed by atoms with Gasteiger partial charge < -0.3 is 10.8 Å². The fourth-order valence-electron chi connectivity index (χ4n) is 2.06. The SMILES string of the molecule is CC(Sc1nnc(C(F)(F)F)n1N)c1nc2ccccc2c(=O)[nH]1. The van der Waals surface area contributed by atoms with Gasteiger partial charge in [0.2, 0.25) is 5.16 Å². The van der Waals surface area contributed by atoms with Crippen molar-refractivity contribution in [3.05, 3.63) is 46.3 Å². The maximum absolute atomic E-state index is 12.7. The quantitative estimate of drug-likeness (QED) is 0.550. The lowest BCUT2D eigenvalue weighted by molar-refractivity contribution is -0.146. The molecule has 0 aliphatic rings. The number of hydrogen-bond acceptors (Lipinski definition) is 6. The van der Waals surface area contributed by atoms with Gasteiger partial charge in [-0.15, -0.1) is 10.2 Å². The molecule has 0 amide bonds. The summed E-state index contributed by atoms with van der Waals surface area (Å²) in [4.78, 5) is 19.0. The summed E-state index contributed by atoms with van der Waals surface area (Å²) in [6.45, 7) is 1.67. The number of thioether (sulfide) groups is 1. The van der Waals surface area contributed by atoms with Gasteiger partial charge in [-0.3, -0.25) is 4.79 Å². The Bertz CT molecular complexity index is 951. The van der Waals surface area contributed by atoms with Crippen molar-refractivity contribution < 1.29 is 13.2 Å². The summed E-state index contributed by atoms with van der Waals surface area (Å²) >= 11 is 0.909. The predicted octanol–water partition coefficient (Wildman–Crippen LogP) is 2.10. The zero-order valence-electron chi connectivity index (χ0n) is 12.2. The van der Waals surface area contributed by atoms with Gasteiger partial charge >= 0.3 is 6.18 Å². The van der Waals surface area contributed by atoms with Gasteiger partial charge in [0, 0.05) is 0 Å². The summed E-state index contributed by atoms with van der Waals surface area (Å²) in [6, 6.07) is 6.77. The third-order valence-corrected chi connectivity index (χ3v) is 4.28. The summed E-state index contributed by atoms with van der Waals surface area (Å²) in [5.41, 5.74) is 0.169. The number of nitrogen functional groups attached to an aromatic ring is 1. The number of fused-ring (bicyclic) bond motifs is 1. The van der Waals surface area contributed by atoms with Gasteiger partial charge in [0.1, 0.15) is 5.82 Å². The van der Waals surface area contributed by atoms with Crippen LogP contribution >= 0.6 is 11.8 Å². The molecule has 2 aromatic heterocycles. The predicted molar refractivity (Wildman–Crippen MR) is 81.8 cm³/mol. The molecular formula is C13H11F3N6OS. The number of para-hydroxylation sites is 1. The smallest absolute Gasteiger partial charge is 0.335 e. The Morgan fingerprint density at radius 1 is 1.29 bits per heavy atom. The van der Waals surface area contributed by atoms with Crippen molar-refractivity contribution in [3.63, 3.8) is 0 Å². The summed E-state index contributed by atoms with van der Waals surface area (Å²) in [5, 5.41) is 6.30. The number of nitrogens with zero attached hydrogens (tertiary/aromatic N) is 4. The van der Waals surface area contributed by atoms with Crippen LogP contribution in [0.15, 0.2) is 34.2 Å². The highest BCUT2D eigenvalue weighted by Crippen LogP contribution is 2.34. The van der Waals surface area contributed by atoms with Crippen LogP contribution in [0.25, 0.3) is 10.9 Å². The second-order valence-electron chi connectivity index (χ2n) is 4.90. The van der Waals surface area contributed by atoms with Gasteiger partial charge in [-0.2, -0.15) is 13.2 Å². The minimum Gasteiger partial charge on any atom is -0.335 e. The average Bonchev–Trinajstić information content (AvgIpc) is 2.88. The molecule has 2 heterocycles. The van der Waals surface area contributed by atoms with Crippen molar-refractivity contribution in [2.75, 3.05) is 5.84 Å². The standard InChI is InChI=1S/C13H11F3N6OS/c1-6(24-12-21-20-11(22(12)17)13(14,15)16)9-18-8-5-3-2-4-7(8)10(23)19-9/h2-6H,17H2,1H3,(H,18,19,23). The molecule has 11 heteroatoms. The number of hydrogen-bond donors (Lipinski definition) is 2. The first kappa shape index (κ1) is 16.3. The van der Waals surface area contributed by atoms with Crippen molar-refractivity contribution in [1.82, 2.24) is 24.8 Å². The molecule has 126 valence electrons. The van der Waals surface area contributed by atoms with E-state index in [2.05, 4.69) is 20.2 Å². The highest BCUT2D eigenvalue weighted by atomic mass is 32.2. The lowest BCUT2D eigenvalue weighted by Crippen LogP contribution is -2.21. The zero-order valence-corrected chi connectivity index (χ0v) is 13.0. The van der Waals surface area contributed by atoms with Crippen LogP contribution < -0.4 is 11.4 Å². The minimum atomic E-state index is -4.70. The third-order valence-electron chi connectivity index (χ3n) is 3.22. The van der Waals surface area contributed by atoms with Gasteiger partial charge in [0.25, 0.3) is 11.4 Å². The molecule has 0 saturated carbocycles. The molecule has 24 heavy (non-hydrogen) atoms. The number of benzene rings is 1. The molecule has 0 bridgehead atoms. The van der Waals surface area contributed by atoms with Crippen LogP contribution in [0.1, 0.15) is 23.8 Å². The molecule has 7 nitrogen and oxygen atoms in total. The monoisotopic (exact) mass is 356 g/mol. The van der Waals surface area contributed by atoms with E-state index in [4.69, 9.17) is 5.84 Å². The minimum absolute atomic E-state index is 0.134. The Hall–Kier alpha value is -2.56. The Kier molecular flexibility index (Phi) is 3.95. The van der Waals surface area contributed by atoms with E-state index in [0.29, 0.717) is 21.4 Å². The maximum Gasteiger partial charge on any atom is 0.453 e. The first-order valence-electron chi connectivity index (χ1n) is 6.70. The van der Waals surface area contributed by atoms with Crippen molar-refractivity contribution >= 4 is 22.7 Å². The molecular weight excluding hydrogens is 345 g/mol. The lowest BCUT2D eigenvalue weighted by atomic mass is 10.2. The van der Waals surface area contributed by atoms with Crippen LogP contribution in [0.3, 0.4) is 0 Å². The summed E-state index contributed by atoms with van der Waals surface area (Å²) in [7, 11) is 0. The van der Waals surface area contributed by atoms with E-state index < -0.39 is 17.3 Å². The van der Waals surface area contributed by atoms with E-state index in [9.17, 15) is 18.0 Å². The van der Waals surface area contributed by atoms with Crippen molar-refractivity contribution in [3.8, 4) is 0 Å². The van der Waals surface area contributed by atoms with E-state index >= 15 is 0 Å². The fraction of sp³-hybridized carbons (Fsp3) is 0.231. The normalized spacial score (nSPS) is 13.3. The Morgan fingerprint density at radius 3 is 2.67 bits per heavy atom. The third kappa shape index (κ3) is 2.94. The summed E-state index contributed by atoms with van der Waals surface area (Å²) in [5.74, 6) is 4.41. The lowest BCUT2D eigenvalue weighted by Gasteiger charge is -2.11. The molecule has 0 aliphatic carbocycles. The first-order valence-corrected chi connectivity index (χ1v) is 7.58. The first-order chi connectivity index (χ1) is 11.3. The van der Waals surface area contributed by atoms with Gasteiger partial charge in [-0.1, -0.05) is 23.9 Å². The van der Waals surface area contributed by atoms with E-state index in [1.807, 2.05) is 0 Å². The van der Waals surface area contributed by atoms with Crippen LogP contribution in [0.4, 0.5) is 13.2 Å². The fourth-order valence-corrected chi connectivity index (χ4v) is 2.89. The number of alkyl halides is 3. The molecule has 3 N–H and O–H groups in total. The van der Waals surface area contributed by atoms with Gasteiger partial charge in [-0.05, 0) is 19.1 Å². The number of aromatic amines is 1. The number of nitrogens with one attached hydrogen (secondary N) is 1. The summed E-state index contributed by atoms with van der Waals surface area (Å²) < 4.78 is 38.4. The van der Waals surface area contributed by atoms with Crippen molar-refractivity contribution in [1.29, 1.82) is 0 Å². The molecule has 0 spiro atoms. The average molecular weight is 356 g/mol. The van der Waals surface area contributed by atoms with Crippen LogP contribution in [-0.2, 0) is 6.18 Å². The molecule has 1 unspecified atom stereocenters. The molecule has 0 radical (unpaired) electrons. The van der Waals surface area contributed by atoms with Crippen LogP contribution in [0.2, 0.25) is 0 Å². The Balaban J connectivity index is 1.92. The molecule has 1 aromatic carbocycles. The largest absolute Gasteiger partial charge is 0.453 e. The highest BCUT2D eigenvalue weighted by Gasteiger charge is 2.38. The van der Waals surface area contributed by atoms with E-state index in [-0.39, 0.29) is 10.7 Å². The van der Waals surface area contributed by atoms with Crippen LogP contribution in [0, 0.1) is 0 Å². The number of H-pyrrole nitrogens is 1. The van der Waals surface area contributed by atoms with Gasteiger partial charge in [-0.25, -0.2) is 9.66 Å². The van der Waals surface area contributed by atoms with Crippen molar-refractivity contribution in [2.24, 2.45) is 0 Å². The molecule has 1 atom stereocenters. The number of halogens is 3. The molecule has 0 saturated heterocycles. The number of rotatable bonds is 3. The van der Waals surface area contributed by atoms with Crippen molar-refractivity contribution in [2.45, 2.75) is 23.5 Å². The van der Waals surface area contributed by atoms with Crippen LogP contribution in [-0.4, -0.2) is 24.8 Å². The van der Waals surface area contributed by atoms with Crippen LogP contribution in [0.5, 0.6) is 0 Å². The maximum atomic E-state index is 12.7. The summed E-state index contributed by atoms with van der Waals surface area (Å²) in [6.07, 6.45) is -4.70. The highest BCUT2D eigenvalue weighted by molar-refractivity contribution is 7.99. The second-order valence-corrected chi connectivity index (χ2v) is 6.21. The van der Waals surface area contributed by atoms with E-state index in [1.165, 1.54) is 0 Å². The topological polar surface area (TPSA) is 102 Å². The zero-order chi connectivity index (χ0) is 17.5. The second kappa shape index (κ2) is 5.82. The molecule has 3 rings (SSSR count). The van der Waals surface area contributed by atoms with Gasteiger partial charge in [0.15, 0.2) is 0 Å². The molecule has 3 aromatic rings. The van der Waals surface area contributed by atoms with E-state index in [1.54, 1.807) is 31.2 Å².